The minimum Gasteiger partial charge on any atom is -0.323 e. The Hall–Kier alpha value is -1.00. The first-order chi connectivity index (χ1) is 8.51. The van der Waals surface area contributed by atoms with Gasteiger partial charge >= 0.3 is 0 Å². The molecular formula is C14H22N2OS. The summed E-state index contributed by atoms with van der Waals surface area (Å²) in [5.41, 5.74) is 0.332. The van der Waals surface area contributed by atoms with Crippen LogP contribution in [-0.2, 0) is 4.79 Å². The van der Waals surface area contributed by atoms with E-state index in [4.69, 9.17) is 0 Å². The molecule has 0 saturated heterocycles. The van der Waals surface area contributed by atoms with Gasteiger partial charge in [0.1, 0.15) is 0 Å². The highest BCUT2D eigenvalue weighted by atomic mass is 32.2. The van der Waals surface area contributed by atoms with Crippen molar-refractivity contribution in [3.63, 3.8) is 0 Å². The number of hydrogen-bond acceptors (Lipinski definition) is 3. The molecule has 1 aromatic rings. The van der Waals surface area contributed by atoms with Gasteiger partial charge in [-0.1, -0.05) is 26.0 Å². The molecule has 1 rings (SSSR count). The average Bonchev–Trinajstić information content (AvgIpc) is 2.32. The lowest BCUT2D eigenvalue weighted by atomic mass is 10.0. The predicted molar refractivity (Wildman–Crippen MR) is 79.2 cm³/mol. The maximum Gasteiger partial charge on any atom is 0.244 e. The molecule has 18 heavy (non-hydrogen) atoms. The molecule has 0 saturated carbocycles. The summed E-state index contributed by atoms with van der Waals surface area (Å²) in [5, 5.41) is 6.17. The van der Waals surface area contributed by atoms with Crippen molar-refractivity contribution >= 4 is 23.4 Å². The van der Waals surface area contributed by atoms with Crippen LogP contribution in [0.5, 0.6) is 0 Å². The highest BCUT2D eigenvalue weighted by Gasteiger charge is 2.26. The Morgan fingerprint density at radius 3 is 2.56 bits per heavy atom. The van der Waals surface area contributed by atoms with Crippen LogP contribution < -0.4 is 10.6 Å². The van der Waals surface area contributed by atoms with Crippen molar-refractivity contribution in [1.29, 1.82) is 0 Å². The third kappa shape index (κ3) is 4.03. The van der Waals surface area contributed by atoms with Crippen LogP contribution in [-0.4, -0.2) is 23.7 Å². The molecule has 1 amide bonds. The highest BCUT2D eigenvalue weighted by molar-refractivity contribution is 7.99. The quantitative estimate of drug-likeness (QED) is 0.777. The Balaban J connectivity index is 2.81. The number of benzene rings is 1. The number of anilines is 1. The normalized spacial score (nSPS) is 11.3. The van der Waals surface area contributed by atoms with Gasteiger partial charge in [-0.3, -0.25) is 4.79 Å². The summed E-state index contributed by atoms with van der Waals surface area (Å²) in [6, 6.07) is 7.90. The molecule has 4 heteroatoms. The van der Waals surface area contributed by atoms with Crippen LogP contribution in [0.4, 0.5) is 5.69 Å². The Morgan fingerprint density at radius 2 is 1.94 bits per heavy atom. The van der Waals surface area contributed by atoms with Gasteiger partial charge < -0.3 is 10.6 Å². The number of likely N-dealkylation sites (N-methyl/N-ethyl adjacent to an activating group) is 1. The fraction of sp³-hybridized carbons (Fsp3) is 0.500. The lowest BCUT2D eigenvalue weighted by Crippen LogP contribution is -2.49. The second-order valence-electron chi connectivity index (χ2n) is 4.54. The van der Waals surface area contributed by atoms with E-state index in [1.54, 1.807) is 11.8 Å². The first kappa shape index (κ1) is 15.1. The number of nitrogens with one attached hydrogen (secondary N) is 2. The Bertz CT molecular complexity index is 405. The van der Waals surface area contributed by atoms with Crippen molar-refractivity contribution in [2.24, 2.45) is 0 Å². The van der Waals surface area contributed by atoms with Crippen LogP contribution in [0.2, 0.25) is 0 Å². The van der Waals surface area contributed by atoms with Crippen LogP contribution in [0.15, 0.2) is 29.2 Å². The maximum absolute atomic E-state index is 12.2. The van der Waals surface area contributed by atoms with Crippen molar-refractivity contribution in [3.05, 3.63) is 24.3 Å². The van der Waals surface area contributed by atoms with Crippen LogP contribution >= 0.6 is 11.8 Å². The molecule has 0 atom stereocenters. The van der Waals surface area contributed by atoms with Gasteiger partial charge in [-0.05, 0) is 38.3 Å². The molecule has 0 bridgehead atoms. The molecular weight excluding hydrogens is 244 g/mol. The van der Waals surface area contributed by atoms with E-state index < -0.39 is 5.54 Å². The van der Waals surface area contributed by atoms with E-state index in [1.165, 1.54) is 0 Å². The summed E-state index contributed by atoms with van der Waals surface area (Å²) in [6.45, 7) is 8.65. The monoisotopic (exact) mass is 266 g/mol. The zero-order valence-electron chi connectivity index (χ0n) is 11.5. The van der Waals surface area contributed by atoms with Crippen molar-refractivity contribution in [2.45, 2.75) is 38.1 Å². The van der Waals surface area contributed by atoms with Gasteiger partial charge in [-0.2, -0.15) is 0 Å². The standard InChI is InChI=1S/C14H22N2OS/c1-5-15-14(3,4)13(17)16-11-9-7-8-10-12(11)18-6-2/h7-10,15H,5-6H2,1-4H3,(H,16,17). The molecule has 100 valence electrons. The summed E-state index contributed by atoms with van der Waals surface area (Å²) < 4.78 is 0. The minimum atomic E-state index is -0.557. The first-order valence-corrected chi connectivity index (χ1v) is 7.28. The summed E-state index contributed by atoms with van der Waals surface area (Å²) in [6.07, 6.45) is 0. The van der Waals surface area contributed by atoms with E-state index in [9.17, 15) is 4.79 Å². The summed E-state index contributed by atoms with van der Waals surface area (Å²) >= 11 is 1.73. The Morgan fingerprint density at radius 1 is 1.28 bits per heavy atom. The van der Waals surface area contributed by atoms with Crippen molar-refractivity contribution in [3.8, 4) is 0 Å². The summed E-state index contributed by atoms with van der Waals surface area (Å²) in [7, 11) is 0. The molecule has 0 aromatic heterocycles. The van der Waals surface area contributed by atoms with Crippen LogP contribution in [0.1, 0.15) is 27.7 Å². The number of thioether (sulfide) groups is 1. The number of carbonyl (C=O) groups is 1. The molecule has 0 aliphatic rings. The number of para-hydroxylation sites is 1. The van der Waals surface area contributed by atoms with Crippen molar-refractivity contribution < 1.29 is 4.79 Å². The zero-order chi connectivity index (χ0) is 13.6. The number of rotatable bonds is 6. The van der Waals surface area contributed by atoms with E-state index in [0.29, 0.717) is 0 Å². The van der Waals surface area contributed by atoms with Gasteiger partial charge in [0.2, 0.25) is 5.91 Å². The molecule has 0 heterocycles. The number of hydrogen-bond donors (Lipinski definition) is 2. The van der Waals surface area contributed by atoms with E-state index in [2.05, 4.69) is 17.6 Å². The summed E-state index contributed by atoms with van der Waals surface area (Å²) in [5.74, 6) is 0.984. The SMILES string of the molecule is CCNC(C)(C)C(=O)Nc1ccccc1SCC. The van der Waals surface area contributed by atoms with Gasteiger partial charge in [0.15, 0.2) is 0 Å². The summed E-state index contributed by atoms with van der Waals surface area (Å²) in [4.78, 5) is 13.3. The third-order valence-electron chi connectivity index (χ3n) is 2.62. The zero-order valence-corrected chi connectivity index (χ0v) is 12.4. The Labute approximate surface area is 114 Å². The largest absolute Gasteiger partial charge is 0.323 e. The highest BCUT2D eigenvalue weighted by Crippen LogP contribution is 2.27. The van der Waals surface area contributed by atoms with Crippen molar-refractivity contribution in [2.75, 3.05) is 17.6 Å². The van der Waals surface area contributed by atoms with E-state index in [1.807, 2.05) is 45.0 Å². The first-order valence-electron chi connectivity index (χ1n) is 6.29. The van der Waals surface area contributed by atoms with Gasteiger partial charge in [0.25, 0.3) is 0 Å². The number of amides is 1. The second-order valence-corrected chi connectivity index (χ2v) is 5.84. The Kier molecular flexibility index (Phi) is 5.69. The molecule has 0 spiro atoms. The lowest BCUT2D eigenvalue weighted by Gasteiger charge is -2.25. The van der Waals surface area contributed by atoms with Crippen molar-refractivity contribution in [1.82, 2.24) is 5.32 Å². The van der Waals surface area contributed by atoms with E-state index in [0.717, 1.165) is 22.9 Å². The molecule has 1 aromatic carbocycles. The van der Waals surface area contributed by atoms with Crippen LogP contribution in [0.3, 0.4) is 0 Å². The molecule has 0 aliphatic heterocycles. The second kappa shape index (κ2) is 6.81. The van der Waals surface area contributed by atoms with Gasteiger partial charge in [-0.15, -0.1) is 11.8 Å². The lowest BCUT2D eigenvalue weighted by molar-refractivity contribution is -0.121. The molecule has 2 N–H and O–H groups in total. The molecule has 0 unspecified atom stereocenters. The van der Waals surface area contributed by atoms with E-state index >= 15 is 0 Å². The smallest absolute Gasteiger partial charge is 0.244 e. The van der Waals surface area contributed by atoms with Crippen LogP contribution in [0.25, 0.3) is 0 Å². The average molecular weight is 266 g/mol. The predicted octanol–water partition coefficient (Wildman–Crippen LogP) is 3.13. The fourth-order valence-electron chi connectivity index (χ4n) is 1.65. The minimum absolute atomic E-state index is 0.00602. The molecule has 0 radical (unpaired) electrons. The molecule has 0 fully saturated rings. The third-order valence-corrected chi connectivity index (χ3v) is 3.58. The number of carbonyl (C=O) groups excluding carboxylic acids is 1. The van der Waals surface area contributed by atoms with Gasteiger partial charge in [-0.25, -0.2) is 0 Å². The molecule has 3 nitrogen and oxygen atoms in total. The molecule has 0 aliphatic carbocycles. The van der Waals surface area contributed by atoms with E-state index in [-0.39, 0.29) is 5.91 Å². The van der Waals surface area contributed by atoms with Gasteiger partial charge in [0, 0.05) is 4.90 Å². The fourth-order valence-corrected chi connectivity index (χ4v) is 2.41. The van der Waals surface area contributed by atoms with Gasteiger partial charge in [0.05, 0.1) is 11.2 Å². The van der Waals surface area contributed by atoms with Crippen LogP contribution in [0, 0.1) is 0 Å². The maximum atomic E-state index is 12.2. The topological polar surface area (TPSA) is 41.1 Å².